The van der Waals surface area contributed by atoms with Crippen molar-refractivity contribution in [2.45, 2.75) is 103 Å². The second-order valence-corrected chi connectivity index (χ2v) is 17.4. The van der Waals surface area contributed by atoms with Gasteiger partial charge in [-0.25, -0.2) is 4.79 Å². The van der Waals surface area contributed by atoms with E-state index in [1.54, 1.807) is 20.8 Å². The summed E-state index contributed by atoms with van der Waals surface area (Å²) >= 11 is 0. The molecule has 0 atom stereocenters. The standard InChI is InChI=1S/C36H54N6O9/c1-30(2,3)51-29(49)42-21-35(13-14-35)27(47)40-19-33(9-10-33)25(45)38-17-31(5-6-31)23(43)37-18-32(7-8-32)24(44)39-20-34(11-12-34)26(46)41-22-36(15-16-36)28(48)50-4/h5-22H2,1-4H3,(H,37,43)(H,38,45)(H,39,44)(H,40,47)(H,41,46)(H,42,49). The molecule has 0 aliphatic heterocycles. The van der Waals surface area contributed by atoms with Crippen molar-refractivity contribution in [3.8, 4) is 0 Å². The zero-order valence-corrected chi connectivity index (χ0v) is 30.4. The quantitative estimate of drug-likeness (QED) is 0.112. The summed E-state index contributed by atoms with van der Waals surface area (Å²) in [6.45, 7) is 6.50. The fourth-order valence-electron chi connectivity index (χ4n) is 6.74. The number of nitrogens with one attached hydrogen (secondary N) is 6. The number of amides is 6. The molecule has 0 aromatic carbocycles. The Labute approximate surface area is 298 Å². The van der Waals surface area contributed by atoms with E-state index in [2.05, 4.69) is 31.9 Å². The largest absolute Gasteiger partial charge is 0.469 e. The molecule has 6 aliphatic rings. The van der Waals surface area contributed by atoms with E-state index in [1.165, 1.54) is 7.11 Å². The Morgan fingerprint density at radius 1 is 0.431 bits per heavy atom. The van der Waals surface area contributed by atoms with Crippen LogP contribution in [-0.2, 0) is 38.2 Å². The van der Waals surface area contributed by atoms with Gasteiger partial charge in [0.1, 0.15) is 5.60 Å². The van der Waals surface area contributed by atoms with Crippen LogP contribution in [0, 0.1) is 32.5 Å². The molecule has 15 nitrogen and oxygen atoms in total. The maximum absolute atomic E-state index is 13.3. The number of hydrogen-bond acceptors (Lipinski definition) is 9. The van der Waals surface area contributed by atoms with Crippen LogP contribution >= 0.6 is 0 Å². The summed E-state index contributed by atoms with van der Waals surface area (Å²) in [5.41, 5.74) is -4.74. The van der Waals surface area contributed by atoms with E-state index >= 15 is 0 Å². The van der Waals surface area contributed by atoms with Crippen LogP contribution in [0.4, 0.5) is 4.79 Å². The van der Waals surface area contributed by atoms with Crippen LogP contribution in [-0.4, -0.2) is 93.6 Å². The number of hydrogen-bond donors (Lipinski definition) is 6. The molecule has 15 heteroatoms. The highest BCUT2D eigenvalue weighted by molar-refractivity contribution is 5.92. The van der Waals surface area contributed by atoms with Gasteiger partial charge in [0, 0.05) is 39.3 Å². The molecule has 6 rings (SSSR count). The molecule has 0 spiro atoms. The molecule has 0 saturated heterocycles. The number of methoxy groups -OCH3 is 1. The molecule has 6 fully saturated rings. The third-order valence-electron chi connectivity index (χ3n) is 12.1. The van der Waals surface area contributed by atoms with Crippen LogP contribution in [0.3, 0.4) is 0 Å². The minimum absolute atomic E-state index is 0.163. The van der Waals surface area contributed by atoms with E-state index in [0.717, 1.165) is 0 Å². The minimum atomic E-state index is -0.716. The van der Waals surface area contributed by atoms with Crippen LogP contribution in [0.15, 0.2) is 0 Å². The summed E-state index contributed by atoms with van der Waals surface area (Å²) in [4.78, 5) is 89.8. The molecule has 0 bridgehead atoms. The van der Waals surface area contributed by atoms with E-state index < -0.39 is 44.2 Å². The summed E-state index contributed by atoms with van der Waals surface area (Å²) < 4.78 is 10.1. The molecule has 51 heavy (non-hydrogen) atoms. The summed E-state index contributed by atoms with van der Waals surface area (Å²) in [6, 6.07) is 0. The van der Waals surface area contributed by atoms with Crippen molar-refractivity contribution < 1.29 is 43.0 Å². The molecular formula is C36H54N6O9. The lowest BCUT2D eigenvalue weighted by Gasteiger charge is -2.23. The van der Waals surface area contributed by atoms with Gasteiger partial charge in [-0.3, -0.25) is 28.8 Å². The predicted molar refractivity (Wildman–Crippen MR) is 181 cm³/mol. The Morgan fingerprint density at radius 3 is 0.882 bits per heavy atom. The lowest BCUT2D eigenvalue weighted by Crippen LogP contribution is -2.49. The van der Waals surface area contributed by atoms with Crippen molar-refractivity contribution in [1.29, 1.82) is 0 Å². The van der Waals surface area contributed by atoms with Crippen molar-refractivity contribution in [2.24, 2.45) is 32.5 Å². The SMILES string of the molecule is COC(=O)C1(CNC(=O)C2(CNC(=O)C3(CNC(=O)C4(CNC(=O)C5(CNC(=O)C6(CNC(=O)OC(C)(C)C)CC6)CC5)CC4)CC3)CC2)CC1. The number of carbonyl (C=O) groups is 7. The van der Waals surface area contributed by atoms with Gasteiger partial charge in [-0.05, 0) is 97.8 Å². The highest BCUT2D eigenvalue weighted by Gasteiger charge is 2.58. The third kappa shape index (κ3) is 8.11. The van der Waals surface area contributed by atoms with E-state index in [4.69, 9.17) is 9.47 Å². The molecule has 6 aliphatic carbocycles. The van der Waals surface area contributed by atoms with Gasteiger partial charge in [-0.1, -0.05) is 0 Å². The number of carbonyl (C=O) groups excluding carboxylic acids is 7. The predicted octanol–water partition coefficient (Wildman–Crippen LogP) is 0.946. The van der Waals surface area contributed by atoms with Crippen LogP contribution in [0.25, 0.3) is 0 Å². The van der Waals surface area contributed by atoms with Gasteiger partial charge in [-0.2, -0.15) is 0 Å². The van der Waals surface area contributed by atoms with Crippen molar-refractivity contribution >= 4 is 41.6 Å². The van der Waals surface area contributed by atoms with E-state index in [1.807, 2.05) is 0 Å². The van der Waals surface area contributed by atoms with Crippen molar-refractivity contribution in [3.63, 3.8) is 0 Å². The zero-order chi connectivity index (χ0) is 36.9. The smallest absolute Gasteiger partial charge is 0.407 e. The first-order valence-corrected chi connectivity index (χ1v) is 18.4. The van der Waals surface area contributed by atoms with E-state index in [0.29, 0.717) is 77.0 Å². The topological polar surface area (TPSA) is 210 Å². The second-order valence-electron chi connectivity index (χ2n) is 17.4. The first kappa shape index (κ1) is 36.9. The Bertz CT molecular complexity index is 1480. The normalized spacial score (nSPS) is 23.5. The minimum Gasteiger partial charge on any atom is -0.469 e. The van der Waals surface area contributed by atoms with Gasteiger partial charge >= 0.3 is 12.1 Å². The maximum atomic E-state index is 13.3. The third-order valence-corrected chi connectivity index (χ3v) is 12.1. The van der Waals surface area contributed by atoms with Gasteiger partial charge < -0.3 is 41.4 Å². The Morgan fingerprint density at radius 2 is 0.667 bits per heavy atom. The maximum Gasteiger partial charge on any atom is 0.407 e. The number of ether oxygens (including phenoxy) is 2. The van der Waals surface area contributed by atoms with Crippen LogP contribution < -0.4 is 31.9 Å². The molecule has 0 aromatic heterocycles. The Kier molecular flexibility index (Phi) is 9.36. The van der Waals surface area contributed by atoms with Crippen molar-refractivity contribution in [1.82, 2.24) is 31.9 Å². The van der Waals surface area contributed by atoms with Gasteiger partial charge in [-0.15, -0.1) is 0 Å². The average molecular weight is 715 g/mol. The molecular weight excluding hydrogens is 660 g/mol. The molecule has 6 amide bonds. The number of esters is 1. The number of rotatable bonds is 18. The molecule has 6 N–H and O–H groups in total. The van der Waals surface area contributed by atoms with Crippen molar-refractivity contribution in [2.75, 3.05) is 46.4 Å². The monoisotopic (exact) mass is 714 g/mol. The van der Waals surface area contributed by atoms with Crippen molar-refractivity contribution in [3.05, 3.63) is 0 Å². The lowest BCUT2D eigenvalue weighted by atomic mass is 10.0. The van der Waals surface area contributed by atoms with Crippen LogP contribution in [0.5, 0.6) is 0 Å². The van der Waals surface area contributed by atoms with Crippen LogP contribution in [0.2, 0.25) is 0 Å². The lowest BCUT2D eigenvalue weighted by molar-refractivity contribution is -0.147. The zero-order valence-electron chi connectivity index (χ0n) is 30.4. The van der Waals surface area contributed by atoms with Crippen LogP contribution in [0.1, 0.15) is 97.8 Å². The molecule has 0 radical (unpaired) electrons. The summed E-state index contributed by atoms with van der Waals surface area (Å²) in [6.07, 6.45) is 7.20. The molecule has 282 valence electrons. The molecule has 0 unspecified atom stereocenters. The summed E-state index contributed by atoms with van der Waals surface area (Å²) in [7, 11) is 1.35. The van der Waals surface area contributed by atoms with E-state index in [9.17, 15) is 33.6 Å². The van der Waals surface area contributed by atoms with E-state index in [-0.39, 0.29) is 74.8 Å². The second kappa shape index (κ2) is 12.9. The Balaban J connectivity index is 0.897. The van der Waals surface area contributed by atoms with Gasteiger partial charge in [0.15, 0.2) is 0 Å². The highest BCUT2D eigenvalue weighted by atomic mass is 16.6. The average Bonchev–Trinajstić information content (AvgIpc) is 3.88. The molecule has 0 heterocycles. The first-order valence-electron chi connectivity index (χ1n) is 18.4. The van der Waals surface area contributed by atoms with Gasteiger partial charge in [0.25, 0.3) is 0 Å². The Hall–Kier alpha value is -3.91. The fourth-order valence-corrected chi connectivity index (χ4v) is 6.74. The van der Waals surface area contributed by atoms with Gasteiger partial charge in [0.2, 0.25) is 29.5 Å². The highest BCUT2D eigenvalue weighted by Crippen LogP contribution is 2.51. The number of alkyl carbamates (subject to hydrolysis) is 1. The molecule has 6 saturated carbocycles. The fraction of sp³-hybridized carbons (Fsp3) is 0.806. The summed E-state index contributed by atoms with van der Waals surface area (Å²) in [5, 5.41) is 17.4. The van der Waals surface area contributed by atoms with Gasteiger partial charge in [0.05, 0.1) is 39.6 Å². The molecule has 0 aromatic rings. The first-order chi connectivity index (χ1) is 24.0. The summed E-state index contributed by atoms with van der Waals surface area (Å²) in [5.74, 6) is -1.22.